The number of nitrogens with one attached hydrogen (secondary N) is 2. The molecule has 0 unspecified atom stereocenters. The summed E-state index contributed by atoms with van der Waals surface area (Å²) in [5.41, 5.74) is 1.31. The van der Waals surface area contributed by atoms with Gasteiger partial charge in [0, 0.05) is 12.4 Å². The Bertz CT molecular complexity index is 1000. The third-order valence-corrected chi connectivity index (χ3v) is 3.75. The standard InChI is InChI=1S/C16H14N10O/c27-16(14(26-10-20-24-25-26)11-4-2-1-3-5-11)19-9-13-21-15(23-22-13)12-8-17-6-7-18-12/h1-8,10,14H,9H2,(H,19,27)(H,21,22,23)/t14-/m1/s1. The zero-order valence-corrected chi connectivity index (χ0v) is 14.0. The largest absolute Gasteiger partial charge is 0.347 e. The van der Waals surface area contributed by atoms with Crippen LogP contribution in [0.1, 0.15) is 17.4 Å². The molecule has 0 aliphatic rings. The molecule has 27 heavy (non-hydrogen) atoms. The number of carbonyl (C=O) groups excluding carboxylic acids is 1. The van der Waals surface area contributed by atoms with Crippen LogP contribution < -0.4 is 5.32 Å². The molecule has 134 valence electrons. The number of rotatable bonds is 6. The molecule has 0 spiro atoms. The van der Waals surface area contributed by atoms with Crippen molar-refractivity contribution in [1.29, 1.82) is 0 Å². The van der Waals surface area contributed by atoms with Crippen molar-refractivity contribution in [3.05, 3.63) is 66.6 Å². The van der Waals surface area contributed by atoms with Gasteiger partial charge in [0.25, 0.3) is 0 Å². The average Bonchev–Trinajstić information content (AvgIpc) is 3.41. The van der Waals surface area contributed by atoms with Gasteiger partial charge in [0.05, 0.1) is 12.7 Å². The SMILES string of the molecule is O=C(NCc1nc(-c2cnccn2)n[nH]1)[C@@H](c1ccccc1)n1cnnn1. The van der Waals surface area contributed by atoms with E-state index in [2.05, 4.69) is 46.0 Å². The van der Waals surface area contributed by atoms with Crippen molar-refractivity contribution in [1.82, 2.24) is 50.7 Å². The Morgan fingerprint density at radius 1 is 1.22 bits per heavy atom. The van der Waals surface area contributed by atoms with Crippen LogP contribution in [0.15, 0.2) is 55.2 Å². The van der Waals surface area contributed by atoms with Gasteiger partial charge in [-0.15, -0.1) is 5.10 Å². The number of amides is 1. The maximum Gasteiger partial charge on any atom is 0.249 e. The summed E-state index contributed by atoms with van der Waals surface area (Å²) >= 11 is 0. The lowest BCUT2D eigenvalue weighted by Gasteiger charge is -2.16. The van der Waals surface area contributed by atoms with Crippen LogP contribution in [-0.2, 0) is 11.3 Å². The first-order chi connectivity index (χ1) is 13.3. The fourth-order valence-corrected chi connectivity index (χ4v) is 2.52. The van der Waals surface area contributed by atoms with Crippen molar-refractivity contribution in [2.75, 3.05) is 0 Å². The molecule has 0 fully saturated rings. The highest BCUT2D eigenvalue weighted by molar-refractivity contribution is 5.83. The maximum absolute atomic E-state index is 12.8. The summed E-state index contributed by atoms with van der Waals surface area (Å²) in [6.45, 7) is 0.164. The predicted octanol–water partition coefficient (Wildman–Crippen LogP) is 0.154. The molecule has 1 aromatic carbocycles. The first-order valence-corrected chi connectivity index (χ1v) is 8.04. The number of carbonyl (C=O) groups is 1. The van der Waals surface area contributed by atoms with Gasteiger partial charge in [-0.1, -0.05) is 30.3 Å². The minimum absolute atomic E-state index is 0.164. The molecule has 11 nitrogen and oxygen atoms in total. The van der Waals surface area contributed by atoms with Gasteiger partial charge in [-0.05, 0) is 16.0 Å². The molecule has 1 amide bonds. The first-order valence-electron chi connectivity index (χ1n) is 8.04. The molecular weight excluding hydrogens is 348 g/mol. The minimum Gasteiger partial charge on any atom is -0.347 e. The maximum atomic E-state index is 12.8. The normalized spacial score (nSPS) is 11.9. The quantitative estimate of drug-likeness (QED) is 0.494. The zero-order chi connectivity index (χ0) is 18.5. The fourth-order valence-electron chi connectivity index (χ4n) is 2.52. The van der Waals surface area contributed by atoms with Crippen LogP contribution in [0.3, 0.4) is 0 Å². The second kappa shape index (κ2) is 7.47. The van der Waals surface area contributed by atoms with E-state index in [1.54, 1.807) is 18.6 Å². The number of hydrogen-bond donors (Lipinski definition) is 2. The summed E-state index contributed by atoms with van der Waals surface area (Å²) in [5, 5.41) is 20.8. The first kappa shape index (κ1) is 16.4. The van der Waals surface area contributed by atoms with E-state index < -0.39 is 6.04 Å². The molecule has 0 radical (unpaired) electrons. The molecule has 4 aromatic rings. The van der Waals surface area contributed by atoms with Crippen molar-refractivity contribution in [2.24, 2.45) is 0 Å². The second-order valence-corrected chi connectivity index (χ2v) is 5.52. The van der Waals surface area contributed by atoms with Crippen molar-refractivity contribution >= 4 is 5.91 Å². The Labute approximate surface area is 152 Å². The van der Waals surface area contributed by atoms with Gasteiger partial charge in [-0.3, -0.25) is 14.9 Å². The Morgan fingerprint density at radius 2 is 2.11 bits per heavy atom. The number of aromatic amines is 1. The molecule has 11 heteroatoms. The Balaban J connectivity index is 1.48. The summed E-state index contributed by atoms with van der Waals surface area (Å²) in [6, 6.07) is 8.57. The van der Waals surface area contributed by atoms with Crippen molar-refractivity contribution in [3.8, 4) is 11.5 Å². The minimum atomic E-state index is -0.691. The van der Waals surface area contributed by atoms with E-state index in [-0.39, 0.29) is 12.5 Å². The lowest BCUT2D eigenvalue weighted by molar-refractivity contribution is -0.123. The van der Waals surface area contributed by atoms with Crippen LogP contribution >= 0.6 is 0 Å². The molecule has 0 aliphatic heterocycles. The molecule has 0 bridgehead atoms. The third kappa shape index (κ3) is 3.66. The highest BCUT2D eigenvalue weighted by Crippen LogP contribution is 2.17. The second-order valence-electron chi connectivity index (χ2n) is 5.52. The number of tetrazole rings is 1. The van der Waals surface area contributed by atoms with E-state index >= 15 is 0 Å². The fraction of sp³-hybridized carbons (Fsp3) is 0.125. The van der Waals surface area contributed by atoms with Gasteiger partial charge in [0.2, 0.25) is 11.7 Å². The number of aromatic nitrogens is 9. The number of hydrogen-bond acceptors (Lipinski definition) is 8. The number of benzene rings is 1. The molecule has 3 heterocycles. The Hall–Kier alpha value is -4.02. The van der Waals surface area contributed by atoms with Gasteiger partial charge >= 0.3 is 0 Å². The van der Waals surface area contributed by atoms with Crippen molar-refractivity contribution in [3.63, 3.8) is 0 Å². The molecule has 0 aliphatic carbocycles. The van der Waals surface area contributed by atoms with Crippen LogP contribution in [0.2, 0.25) is 0 Å². The third-order valence-electron chi connectivity index (χ3n) is 3.75. The molecule has 0 saturated carbocycles. The lowest BCUT2D eigenvalue weighted by Crippen LogP contribution is -2.33. The molecule has 1 atom stereocenters. The van der Waals surface area contributed by atoms with Crippen molar-refractivity contribution < 1.29 is 4.79 Å². The van der Waals surface area contributed by atoms with Crippen LogP contribution in [0.4, 0.5) is 0 Å². The van der Waals surface area contributed by atoms with Crippen LogP contribution in [-0.4, -0.2) is 51.3 Å². The van der Waals surface area contributed by atoms with Crippen LogP contribution in [0.5, 0.6) is 0 Å². The molecule has 0 saturated heterocycles. The molecular formula is C16H14N10O. The van der Waals surface area contributed by atoms with Crippen LogP contribution in [0, 0.1) is 0 Å². The van der Waals surface area contributed by atoms with Gasteiger partial charge in [-0.25, -0.2) is 14.6 Å². The topological polar surface area (TPSA) is 140 Å². The van der Waals surface area contributed by atoms with E-state index in [0.29, 0.717) is 17.3 Å². The zero-order valence-electron chi connectivity index (χ0n) is 14.0. The van der Waals surface area contributed by atoms with Gasteiger partial charge in [0.1, 0.15) is 17.8 Å². The lowest BCUT2D eigenvalue weighted by atomic mass is 10.1. The van der Waals surface area contributed by atoms with E-state index in [1.807, 2.05) is 30.3 Å². The Morgan fingerprint density at radius 3 is 2.85 bits per heavy atom. The summed E-state index contributed by atoms with van der Waals surface area (Å²) in [5.74, 6) is 0.630. The molecule has 3 aromatic heterocycles. The summed E-state index contributed by atoms with van der Waals surface area (Å²) in [4.78, 5) is 25.2. The summed E-state index contributed by atoms with van der Waals surface area (Å²) in [7, 11) is 0. The van der Waals surface area contributed by atoms with E-state index in [0.717, 1.165) is 5.56 Å². The monoisotopic (exact) mass is 362 g/mol. The van der Waals surface area contributed by atoms with Gasteiger partial charge in [0.15, 0.2) is 6.04 Å². The van der Waals surface area contributed by atoms with E-state index in [9.17, 15) is 4.79 Å². The smallest absolute Gasteiger partial charge is 0.249 e. The average molecular weight is 362 g/mol. The highest BCUT2D eigenvalue weighted by Gasteiger charge is 2.23. The Kier molecular flexibility index (Phi) is 4.55. The van der Waals surface area contributed by atoms with Crippen molar-refractivity contribution in [2.45, 2.75) is 12.6 Å². The highest BCUT2D eigenvalue weighted by atomic mass is 16.2. The molecule has 2 N–H and O–H groups in total. The van der Waals surface area contributed by atoms with Crippen LogP contribution in [0.25, 0.3) is 11.5 Å². The summed E-state index contributed by atoms with van der Waals surface area (Å²) < 4.78 is 1.40. The predicted molar refractivity (Wildman–Crippen MR) is 91.7 cm³/mol. The number of H-pyrrole nitrogens is 1. The number of nitrogens with zero attached hydrogens (tertiary/aromatic N) is 8. The van der Waals surface area contributed by atoms with E-state index in [1.165, 1.54) is 11.0 Å². The summed E-state index contributed by atoms with van der Waals surface area (Å²) in [6.07, 6.45) is 6.09. The van der Waals surface area contributed by atoms with Gasteiger partial charge < -0.3 is 5.32 Å². The van der Waals surface area contributed by atoms with Gasteiger partial charge in [-0.2, -0.15) is 5.10 Å². The van der Waals surface area contributed by atoms with E-state index in [4.69, 9.17) is 0 Å². The molecule has 4 rings (SSSR count).